The van der Waals surface area contributed by atoms with Crippen LogP contribution in [-0.2, 0) is 10.2 Å². The van der Waals surface area contributed by atoms with Crippen LogP contribution in [0.3, 0.4) is 0 Å². The van der Waals surface area contributed by atoms with Crippen molar-refractivity contribution in [1.29, 1.82) is 0 Å². The van der Waals surface area contributed by atoms with Gasteiger partial charge in [-0.15, -0.1) is 0 Å². The molecule has 0 bridgehead atoms. The molecule has 19 heavy (non-hydrogen) atoms. The Hall–Kier alpha value is -0.860. The largest absolute Gasteiger partial charge is 0.409 e. The molecule has 0 radical (unpaired) electrons. The zero-order chi connectivity index (χ0) is 14.5. The lowest BCUT2D eigenvalue weighted by Crippen LogP contribution is -2.46. The van der Waals surface area contributed by atoms with Crippen molar-refractivity contribution in [3.05, 3.63) is 0 Å². The summed E-state index contributed by atoms with van der Waals surface area (Å²) >= 11 is 0. The van der Waals surface area contributed by atoms with Crippen LogP contribution in [0, 0.1) is 0 Å². The first kappa shape index (κ1) is 16.2. The van der Waals surface area contributed by atoms with Gasteiger partial charge in [-0.05, 0) is 19.8 Å². The van der Waals surface area contributed by atoms with Crippen LogP contribution in [-0.4, -0.2) is 54.3 Å². The Bertz CT molecular complexity index is 402. The topological polar surface area (TPSA) is 99.2 Å². The monoisotopic (exact) mass is 292 g/mol. The van der Waals surface area contributed by atoms with Crippen molar-refractivity contribution in [2.75, 3.05) is 20.1 Å². The van der Waals surface area contributed by atoms with Crippen LogP contribution in [0.4, 0.5) is 0 Å². The Morgan fingerprint density at radius 1 is 1.37 bits per heavy atom. The van der Waals surface area contributed by atoms with Crippen molar-refractivity contribution in [3.63, 3.8) is 0 Å². The fourth-order valence-corrected chi connectivity index (χ4v) is 3.77. The second-order valence-corrected chi connectivity index (χ2v) is 6.97. The molecule has 1 heterocycles. The Morgan fingerprint density at radius 2 is 1.89 bits per heavy atom. The Labute approximate surface area is 115 Å². The summed E-state index contributed by atoms with van der Waals surface area (Å²) in [5, 5.41) is 11.4. The van der Waals surface area contributed by atoms with Crippen LogP contribution in [0.25, 0.3) is 0 Å². The summed E-state index contributed by atoms with van der Waals surface area (Å²) in [5.74, 6) is 0.0328. The number of hydrogen-bond acceptors (Lipinski definition) is 4. The van der Waals surface area contributed by atoms with Crippen LogP contribution >= 0.6 is 0 Å². The number of nitrogens with zero attached hydrogens (tertiary/aromatic N) is 3. The first-order valence-electron chi connectivity index (χ1n) is 6.59. The third-order valence-electron chi connectivity index (χ3n) is 3.51. The fourth-order valence-electron chi connectivity index (χ4n) is 2.15. The van der Waals surface area contributed by atoms with E-state index in [2.05, 4.69) is 5.16 Å². The maximum absolute atomic E-state index is 12.5. The SMILES string of the molecule is CC(C/C(N)=N/O)N(C)S(=O)(=O)N1CCCCCC1. The van der Waals surface area contributed by atoms with Gasteiger partial charge < -0.3 is 10.9 Å². The van der Waals surface area contributed by atoms with E-state index in [1.807, 2.05) is 0 Å². The first-order chi connectivity index (χ1) is 8.89. The van der Waals surface area contributed by atoms with Crippen LogP contribution in [0.2, 0.25) is 0 Å². The molecule has 3 N–H and O–H groups in total. The van der Waals surface area contributed by atoms with Gasteiger partial charge in [0, 0.05) is 32.6 Å². The van der Waals surface area contributed by atoms with E-state index in [4.69, 9.17) is 10.9 Å². The molecular weight excluding hydrogens is 268 g/mol. The molecule has 0 aliphatic carbocycles. The minimum Gasteiger partial charge on any atom is -0.409 e. The van der Waals surface area contributed by atoms with Crippen molar-refractivity contribution in [1.82, 2.24) is 8.61 Å². The zero-order valence-corrected chi connectivity index (χ0v) is 12.4. The molecule has 1 rings (SSSR count). The maximum Gasteiger partial charge on any atom is 0.281 e. The minimum atomic E-state index is -3.46. The Morgan fingerprint density at radius 3 is 2.37 bits per heavy atom. The van der Waals surface area contributed by atoms with Gasteiger partial charge >= 0.3 is 0 Å². The maximum atomic E-state index is 12.5. The highest BCUT2D eigenvalue weighted by molar-refractivity contribution is 7.86. The number of oxime groups is 1. The van der Waals surface area contributed by atoms with Gasteiger partial charge in [0.05, 0.1) is 0 Å². The molecule has 0 saturated carbocycles. The smallest absolute Gasteiger partial charge is 0.281 e. The molecular formula is C11H24N4O3S. The average molecular weight is 292 g/mol. The van der Waals surface area contributed by atoms with E-state index >= 15 is 0 Å². The number of hydrogen-bond donors (Lipinski definition) is 2. The zero-order valence-electron chi connectivity index (χ0n) is 11.6. The molecule has 0 aromatic carbocycles. The predicted molar refractivity (Wildman–Crippen MR) is 74.2 cm³/mol. The number of amidine groups is 1. The average Bonchev–Trinajstić information content (AvgIpc) is 2.66. The van der Waals surface area contributed by atoms with E-state index in [-0.39, 0.29) is 18.3 Å². The minimum absolute atomic E-state index is 0.0328. The van der Waals surface area contributed by atoms with E-state index in [9.17, 15) is 8.42 Å². The van der Waals surface area contributed by atoms with Crippen LogP contribution in [0.15, 0.2) is 5.16 Å². The summed E-state index contributed by atoms with van der Waals surface area (Å²) < 4.78 is 27.7. The van der Waals surface area contributed by atoms with E-state index in [0.29, 0.717) is 13.1 Å². The molecule has 0 amide bonds. The van der Waals surface area contributed by atoms with Crippen LogP contribution in [0.5, 0.6) is 0 Å². The molecule has 1 atom stereocenters. The molecule has 1 aliphatic rings. The summed E-state index contributed by atoms with van der Waals surface area (Å²) in [6.07, 6.45) is 4.17. The van der Waals surface area contributed by atoms with E-state index in [1.54, 1.807) is 6.92 Å². The Balaban J connectivity index is 2.74. The molecule has 0 aromatic heterocycles. The van der Waals surface area contributed by atoms with E-state index in [1.165, 1.54) is 15.7 Å². The molecule has 8 heteroatoms. The lowest BCUT2D eigenvalue weighted by Gasteiger charge is -2.30. The molecule has 1 saturated heterocycles. The quantitative estimate of drug-likeness (QED) is 0.335. The van der Waals surface area contributed by atoms with Crippen LogP contribution < -0.4 is 5.73 Å². The molecule has 1 unspecified atom stereocenters. The molecule has 112 valence electrons. The van der Waals surface area contributed by atoms with Crippen molar-refractivity contribution >= 4 is 16.0 Å². The van der Waals surface area contributed by atoms with Crippen molar-refractivity contribution in [3.8, 4) is 0 Å². The lowest BCUT2D eigenvalue weighted by molar-refractivity contribution is 0.308. The summed E-state index contributed by atoms with van der Waals surface area (Å²) in [7, 11) is -1.93. The van der Waals surface area contributed by atoms with Gasteiger partial charge in [-0.1, -0.05) is 18.0 Å². The summed E-state index contributed by atoms with van der Waals surface area (Å²) in [6.45, 7) is 2.89. The summed E-state index contributed by atoms with van der Waals surface area (Å²) in [5.41, 5.74) is 5.42. The van der Waals surface area contributed by atoms with Gasteiger partial charge in [0.15, 0.2) is 0 Å². The molecule has 0 aromatic rings. The first-order valence-corrected chi connectivity index (χ1v) is 7.98. The van der Waals surface area contributed by atoms with Gasteiger partial charge in [-0.3, -0.25) is 0 Å². The second-order valence-electron chi connectivity index (χ2n) is 4.98. The molecule has 1 aliphatic heterocycles. The van der Waals surface area contributed by atoms with E-state index < -0.39 is 10.2 Å². The molecule has 0 spiro atoms. The van der Waals surface area contributed by atoms with Gasteiger partial charge in [0.1, 0.15) is 5.84 Å². The predicted octanol–water partition coefficient (Wildman–Crippen LogP) is 0.564. The van der Waals surface area contributed by atoms with E-state index in [0.717, 1.165) is 25.7 Å². The third kappa shape index (κ3) is 4.32. The highest BCUT2D eigenvalue weighted by atomic mass is 32.2. The van der Waals surface area contributed by atoms with Gasteiger partial charge in [0.25, 0.3) is 10.2 Å². The highest BCUT2D eigenvalue weighted by Crippen LogP contribution is 2.17. The third-order valence-corrected chi connectivity index (χ3v) is 5.61. The summed E-state index contributed by atoms with van der Waals surface area (Å²) in [6, 6.07) is -0.343. The van der Waals surface area contributed by atoms with Crippen LogP contribution in [0.1, 0.15) is 39.0 Å². The Kier molecular flexibility index (Phi) is 6.02. The van der Waals surface area contributed by atoms with Gasteiger partial charge in [-0.25, -0.2) is 0 Å². The van der Waals surface area contributed by atoms with Crippen molar-refractivity contribution in [2.45, 2.75) is 45.1 Å². The van der Waals surface area contributed by atoms with Crippen molar-refractivity contribution < 1.29 is 13.6 Å². The number of rotatable bonds is 5. The summed E-state index contributed by atoms with van der Waals surface area (Å²) in [4.78, 5) is 0. The standard InChI is InChI=1S/C11H24N4O3S/c1-10(9-11(12)13-16)14(2)19(17,18)15-7-5-3-4-6-8-15/h10,16H,3-9H2,1-2H3,(H2,12,13). The highest BCUT2D eigenvalue weighted by Gasteiger charge is 2.30. The normalized spacial score (nSPS) is 21.3. The fraction of sp³-hybridized carbons (Fsp3) is 0.909. The lowest BCUT2D eigenvalue weighted by atomic mass is 10.2. The van der Waals surface area contributed by atoms with Crippen molar-refractivity contribution in [2.24, 2.45) is 10.9 Å². The molecule has 1 fully saturated rings. The van der Waals surface area contributed by atoms with Gasteiger partial charge in [-0.2, -0.15) is 17.0 Å². The molecule has 7 nitrogen and oxygen atoms in total. The number of nitrogens with two attached hydrogens (primary N) is 1. The van der Waals surface area contributed by atoms with Gasteiger partial charge in [0.2, 0.25) is 0 Å². The second kappa shape index (κ2) is 7.06.